The van der Waals surface area contributed by atoms with Crippen LogP contribution in [-0.4, -0.2) is 14.5 Å². The number of nitrogens with zero attached hydrogens (tertiary/aromatic N) is 3. The molecular weight excluding hydrogens is 683 g/mol. The fourth-order valence-electron chi connectivity index (χ4n) is 5.28. The molecule has 0 aliphatic carbocycles. The van der Waals surface area contributed by atoms with E-state index < -0.39 is 0 Å². The zero-order valence-corrected chi connectivity index (χ0v) is 25.8. The summed E-state index contributed by atoms with van der Waals surface area (Å²) in [5, 5.41) is 1.04. The molecule has 0 saturated carbocycles. The molecule has 1 radical (unpaired) electrons. The molecule has 4 aromatic carbocycles. The van der Waals surface area contributed by atoms with Gasteiger partial charge >= 0.3 is 0 Å². The van der Waals surface area contributed by atoms with E-state index in [9.17, 15) is 0 Å². The van der Waals surface area contributed by atoms with Crippen LogP contribution in [0.1, 0.15) is 22.3 Å². The second-order valence-electron chi connectivity index (χ2n) is 10.1. The minimum Gasteiger partial charge on any atom is -0.557 e. The van der Waals surface area contributed by atoms with Gasteiger partial charge in [0.1, 0.15) is 0 Å². The van der Waals surface area contributed by atoms with Gasteiger partial charge in [-0.25, -0.2) is 0 Å². The average Bonchev–Trinajstić information content (AvgIpc) is 3.55. The number of imidazole rings is 1. The summed E-state index contributed by atoms with van der Waals surface area (Å²) in [5.74, 6) is 0.862. The smallest absolute Gasteiger partial charge is 0.0774 e. The quantitative estimate of drug-likeness (QED) is 0.172. The van der Waals surface area contributed by atoms with Crippen LogP contribution in [0.4, 0.5) is 0 Å². The first-order valence-corrected chi connectivity index (χ1v) is 13.3. The van der Waals surface area contributed by atoms with Crippen molar-refractivity contribution in [2.75, 3.05) is 0 Å². The molecule has 4 nitrogen and oxygen atoms in total. The zero-order valence-electron chi connectivity index (χ0n) is 23.4. The molecular formula is C36H29IrN3O-2. The second-order valence-corrected chi connectivity index (χ2v) is 10.1. The summed E-state index contributed by atoms with van der Waals surface area (Å²) in [6.45, 7) is 8.55. The van der Waals surface area contributed by atoms with Gasteiger partial charge in [-0.05, 0) is 62.7 Å². The van der Waals surface area contributed by atoms with Gasteiger partial charge in [-0.1, -0.05) is 76.7 Å². The number of furan rings is 1. The Morgan fingerprint density at radius 3 is 2.24 bits per heavy atom. The van der Waals surface area contributed by atoms with Crippen LogP contribution in [0.5, 0.6) is 0 Å². The zero-order chi connectivity index (χ0) is 27.6. The van der Waals surface area contributed by atoms with Crippen molar-refractivity contribution in [1.29, 1.82) is 0 Å². The maximum absolute atomic E-state index is 5.75. The molecule has 41 heavy (non-hydrogen) atoms. The average molecular weight is 712 g/mol. The van der Waals surface area contributed by atoms with Gasteiger partial charge in [-0.15, -0.1) is 35.9 Å². The molecule has 5 heteroatoms. The van der Waals surface area contributed by atoms with Gasteiger partial charge in [0.25, 0.3) is 0 Å². The van der Waals surface area contributed by atoms with Crippen LogP contribution in [0.2, 0.25) is 0 Å². The molecule has 205 valence electrons. The second kappa shape index (κ2) is 12.1. The first kappa shape index (κ1) is 28.2. The monoisotopic (exact) mass is 712 g/mol. The summed E-state index contributed by atoms with van der Waals surface area (Å²) in [6.07, 6.45) is 4.91. The van der Waals surface area contributed by atoms with Crippen molar-refractivity contribution in [3.05, 3.63) is 138 Å². The number of aromatic nitrogens is 3. The van der Waals surface area contributed by atoms with Crippen LogP contribution in [0.15, 0.2) is 108 Å². The molecule has 0 atom stereocenters. The van der Waals surface area contributed by atoms with Crippen molar-refractivity contribution in [2.24, 2.45) is 0 Å². The Morgan fingerprint density at radius 1 is 0.756 bits per heavy atom. The maximum atomic E-state index is 5.75. The SMILES string of the molecule is Cc1cc(C)c(-n2c(-c3[c-]oc4ccc(C)cc34)nc3ccccc32)c(C)c1.[Ir].[c-]1ccccc1-c1ccccn1. The Balaban J connectivity index is 0.000000218. The van der Waals surface area contributed by atoms with Crippen molar-refractivity contribution >= 4 is 22.0 Å². The summed E-state index contributed by atoms with van der Waals surface area (Å²) in [5.41, 5.74) is 11.9. The molecule has 0 spiro atoms. The standard InChI is InChI=1S/C25H21N2O.C11H8N.Ir/c1-15-9-10-23-19(13-15)20(14-28-23)25-26-21-7-5-6-8-22(21)27(25)24-17(3)11-16(2)12-18(24)4;1-2-6-10(7-3-1)11-8-4-5-9-12-11;/h5-13H,1-4H3;1-6,8-9H;/q2*-1;. The Hall–Kier alpha value is -4.31. The molecule has 0 N–H and O–H groups in total. The van der Waals surface area contributed by atoms with Gasteiger partial charge in [-0.2, -0.15) is 0 Å². The van der Waals surface area contributed by atoms with Crippen molar-refractivity contribution in [3.8, 4) is 28.3 Å². The van der Waals surface area contributed by atoms with Crippen LogP contribution in [0.3, 0.4) is 0 Å². The molecule has 0 amide bonds. The molecule has 0 aliphatic rings. The first-order chi connectivity index (χ1) is 19.5. The third-order valence-electron chi connectivity index (χ3n) is 6.96. The van der Waals surface area contributed by atoms with E-state index in [1.807, 2.05) is 54.6 Å². The van der Waals surface area contributed by atoms with Crippen LogP contribution < -0.4 is 0 Å². The van der Waals surface area contributed by atoms with E-state index in [0.717, 1.165) is 44.6 Å². The number of para-hydroxylation sites is 2. The summed E-state index contributed by atoms with van der Waals surface area (Å²) in [6, 6.07) is 35.7. The van der Waals surface area contributed by atoms with E-state index in [4.69, 9.17) is 9.40 Å². The molecule has 0 saturated heterocycles. The van der Waals surface area contributed by atoms with E-state index in [1.54, 1.807) is 6.20 Å². The first-order valence-electron chi connectivity index (χ1n) is 13.3. The Bertz CT molecular complexity index is 1880. The topological polar surface area (TPSA) is 43.9 Å². The molecule has 7 aromatic rings. The minimum atomic E-state index is 0. The molecule has 0 aliphatic heterocycles. The third-order valence-corrected chi connectivity index (χ3v) is 6.96. The number of rotatable bonds is 3. The van der Waals surface area contributed by atoms with E-state index >= 15 is 0 Å². The number of benzene rings is 4. The summed E-state index contributed by atoms with van der Waals surface area (Å²) < 4.78 is 8.00. The van der Waals surface area contributed by atoms with Crippen LogP contribution >= 0.6 is 0 Å². The predicted octanol–water partition coefficient (Wildman–Crippen LogP) is 9.02. The Labute approximate surface area is 254 Å². The van der Waals surface area contributed by atoms with Crippen LogP contribution in [0, 0.1) is 40.0 Å². The normalized spacial score (nSPS) is 10.7. The largest absolute Gasteiger partial charge is 0.557 e. The molecule has 3 heterocycles. The maximum Gasteiger partial charge on any atom is 0.0774 e. The molecule has 0 fully saturated rings. The van der Waals surface area contributed by atoms with E-state index in [-0.39, 0.29) is 20.1 Å². The summed E-state index contributed by atoms with van der Waals surface area (Å²) >= 11 is 0. The van der Waals surface area contributed by atoms with Gasteiger partial charge in [-0.3, -0.25) is 4.98 Å². The van der Waals surface area contributed by atoms with Crippen LogP contribution in [-0.2, 0) is 20.1 Å². The Kier molecular flexibility index (Phi) is 8.30. The number of fused-ring (bicyclic) bond motifs is 2. The summed E-state index contributed by atoms with van der Waals surface area (Å²) in [4.78, 5) is 9.21. The fourth-order valence-corrected chi connectivity index (χ4v) is 5.28. The minimum absolute atomic E-state index is 0. The molecule has 0 unspecified atom stereocenters. The number of hydrogen-bond donors (Lipinski definition) is 0. The van der Waals surface area contributed by atoms with Crippen molar-refractivity contribution < 1.29 is 24.5 Å². The number of pyridine rings is 1. The van der Waals surface area contributed by atoms with E-state index in [2.05, 4.69) is 92.0 Å². The van der Waals surface area contributed by atoms with Gasteiger partial charge in [0.2, 0.25) is 0 Å². The van der Waals surface area contributed by atoms with Crippen molar-refractivity contribution in [3.63, 3.8) is 0 Å². The van der Waals surface area contributed by atoms with Gasteiger partial charge in [0.15, 0.2) is 0 Å². The summed E-state index contributed by atoms with van der Waals surface area (Å²) in [7, 11) is 0. The number of aryl methyl sites for hydroxylation is 4. The van der Waals surface area contributed by atoms with Crippen molar-refractivity contribution in [1.82, 2.24) is 14.5 Å². The van der Waals surface area contributed by atoms with E-state index in [0.29, 0.717) is 0 Å². The van der Waals surface area contributed by atoms with E-state index in [1.165, 1.54) is 27.9 Å². The van der Waals surface area contributed by atoms with Crippen molar-refractivity contribution in [2.45, 2.75) is 27.7 Å². The number of hydrogen-bond acceptors (Lipinski definition) is 3. The molecule has 7 rings (SSSR count). The molecule has 0 bridgehead atoms. The van der Waals surface area contributed by atoms with Gasteiger partial charge in [0.05, 0.1) is 16.9 Å². The van der Waals surface area contributed by atoms with Crippen LogP contribution in [0.25, 0.3) is 50.3 Å². The van der Waals surface area contributed by atoms with Gasteiger partial charge in [0, 0.05) is 43.8 Å². The molecule has 3 aromatic heterocycles. The van der Waals surface area contributed by atoms with Gasteiger partial charge < -0.3 is 14.0 Å². The third kappa shape index (κ3) is 5.65. The Morgan fingerprint density at radius 2 is 1.51 bits per heavy atom. The predicted molar refractivity (Wildman–Crippen MR) is 163 cm³/mol. The fraction of sp³-hybridized carbons (Fsp3) is 0.111.